The Bertz CT molecular complexity index is 1190. The number of esters is 1. The first-order chi connectivity index (χ1) is 15.6. The molecule has 32 heavy (non-hydrogen) atoms. The number of nitrogens with one attached hydrogen (secondary N) is 1. The molecule has 2 amide bonds. The molecule has 3 aromatic rings. The molecule has 1 fully saturated rings. The summed E-state index contributed by atoms with van der Waals surface area (Å²) in [5.41, 5.74) is 1.02. The van der Waals surface area contributed by atoms with E-state index in [1.807, 2.05) is 67.6 Å². The summed E-state index contributed by atoms with van der Waals surface area (Å²) in [5.74, 6) is -2.02. The molecule has 3 aromatic carbocycles. The zero-order chi connectivity index (χ0) is 22.3. The van der Waals surface area contributed by atoms with Gasteiger partial charge in [-0.3, -0.25) is 9.59 Å². The normalized spacial score (nSPS) is 23.8. The predicted molar refractivity (Wildman–Crippen MR) is 119 cm³/mol. The van der Waals surface area contributed by atoms with Crippen LogP contribution in [0.5, 0.6) is 0 Å². The van der Waals surface area contributed by atoms with Crippen LogP contribution < -0.4 is 10.2 Å². The van der Waals surface area contributed by atoms with E-state index in [0.29, 0.717) is 17.7 Å². The van der Waals surface area contributed by atoms with Crippen molar-refractivity contribution in [1.82, 2.24) is 5.32 Å². The Morgan fingerprint density at radius 2 is 1.56 bits per heavy atom. The number of ether oxygens (including phenoxy) is 1. The Morgan fingerprint density at radius 1 is 0.938 bits per heavy atom. The topological polar surface area (TPSA) is 75.7 Å². The van der Waals surface area contributed by atoms with E-state index in [9.17, 15) is 14.4 Å². The molecule has 6 heteroatoms. The maximum atomic E-state index is 13.8. The monoisotopic (exact) mass is 426 g/mol. The number of amides is 2. The van der Waals surface area contributed by atoms with Crippen LogP contribution in [0.3, 0.4) is 0 Å². The Labute approximate surface area is 185 Å². The van der Waals surface area contributed by atoms with E-state index in [1.165, 1.54) is 0 Å². The first-order valence-corrected chi connectivity index (χ1v) is 10.6. The van der Waals surface area contributed by atoms with E-state index in [2.05, 4.69) is 5.32 Å². The number of nitrogens with zero attached hydrogens (tertiary/aromatic N) is 1. The summed E-state index contributed by atoms with van der Waals surface area (Å²) in [6, 6.07) is 24.3. The largest absolute Gasteiger partial charge is 0.442 e. The molecule has 6 nitrogen and oxygen atoms in total. The minimum absolute atomic E-state index is 0.292. The maximum absolute atomic E-state index is 13.8. The first kappa shape index (κ1) is 20.0. The van der Waals surface area contributed by atoms with Crippen molar-refractivity contribution < 1.29 is 19.1 Å². The zero-order valence-electron chi connectivity index (χ0n) is 17.5. The second-order valence-corrected chi connectivity index (χ2v) is 7.93. The predicted octanol–water partition coefficient (Wildman–Crippen LogP) is 3.39. The third-order valence-electron chi connectivity index (χ3n) is 6.24. The minimum Gasteiger partial charge on any atom is -0.442 e. The van der Waals surface area contributed by atoms with Crippen LogP contribution in [0.25, 0.3) is 0 Å². The van der Waals surface area contributed by atoms with Crippen LogP contribution >= 0.6 is 0 Å². The van der Waals surface area contributed by atoms with Crippen LogP contribution in [-0.4, -0.2) is 30.4 Å². The molecular weight excluding hydrogens is 404 g/mol. The van der Waals surface area contributed by atoms with Crippen LogP contribution in [0, 0.1) is 0 Å². The van der Waals surface area contributed by atoms with Crippen LogP contribution in [0.4, 0.5) is 5.69 Å². The summed E-state index contributed by atoms with van der Waals surface area (Å²) >= 11 is 0. The summed E-state index contributed by atoms with van der Waals surface area (Å²) in [7, 11) is 0. The van der Waals surface area contributed by atoms with Gasteiger partial charge in [0.15, 0.2) is 0 Å². The van der Waals surface area contributed by atoms with Crippen molar-refractivity contribution in [3.8, 4) is 0 Å². The number of carbonyl (C=O) groups is 3. The molecule has 0 aromatic heterocycles. The molecule has 2 heterocycles. The number of benzene rings is 3. The molecule has 5 rings (SSSR count). The summed E-state index contributed by atoms with van der Waals surface area (Å²) in [5, 5.41) is 2.84. The van der Waals surface area contributed by atoms with E-state index < -0.39 is 29.4 Å². The van der Waals surface area contributed by atoms with Crippen molar-refractivity contribution >= 4 is 23.5 Å². The lowest BCUT2D eigenvalue weighted by Crippen LogP contribution is -2.47. The lowest BCUT2D eigenvalue weighted by molar-refractivity contribution is -0.158. The molecule has 2 aliphatic rings. The van der Waals surface area contributed by atoms with E-state index in [1.54, 1.807) is 29.2 Å². The molecule has 1 N–H and O–H groups in total. The molecule has 3 atom stereocenters. The Morgan fingerprint density at radius 3 is 2.25 bits per heavy atom. The van der Waals surface area contributed by atoms with Crippen LogP contribution in [0.15, 0.2) is 84.9 Å². The summed E-state index contributed by atoms with van der Waals surface area (Å²) < 4.78 is 5.95. The first-order valence-electron chi connectivity index (χ1n) is 10.6. The van der Waals surface area contributed by atoms with E-state index >= 15 is 0 Å². The lowest BCUT2D eigenvalue weighted by atomic mass is 9.76. The molecule has 0 aliphatic carbocycles. The maximum Gasteiger partial charge on any atom is 0.330 e. The number of hydrogen-bond acceptors (Lipinski definition) is 4. The van der Waals surface area contributed by atoms with Gasteiger partial charge in [0, 0.05) is 17.7 Å². The van der Waals surface area contributed by atoms with Gasteiger partial charge in [-0.2, -0.15) is 0 Å². The molecule has 0 bridgehead atoms. The van der Waals surface area contributed by atoms with Gasteiger partial charge in [0.25, 0.3) is 11.8 Å². The molecule has 3 unspecified atom stereocenters. The fraction of sp³-hybridized carbons (Fsp3) is 0.192. The van der Waals surface area contributed by atoms with Crippen molar-refractivity contribution in [1.29, 1.82) is 0 Å². The molecular formula is C26H22N2O4. The molecule has 2 aliphatic heterocycles. The highest BCUT2D eigenvalue weighted by Crippen LogP contribution is 2.55. The van der Waals surface area contributed by atoms with Crippen LogP contribution in [-0.2, 0) is 19.9 Å². The molecule has 0 saturated carbocycles. The highest BCUT2D eigenvalue weighted by molar-refractivity contribution is 6.11. The highest BCUT2D eigenvalue weighted by Gasteiger charge is 2.67. The number of para-hydroxylation sites is 1. The smallest absolute Gasteiger partial charge is 0.330 e. The zero-order valence-corrected chi connectivity index (χ0v) is 17.5. The third kappa shape index (κ3) is 2.83. The quantitative estimate of drug-likeness (QED) is 0.649. The number of hydrogen-bond donors (Lipinski definition) is 1. The molecule has 1 spiro atoms. The van der Waals surface area contributed by atoms with Gasteiger partial charge in [0.2, 0.25) is 5.60 Å². The number of carbonyl (C=O) groups excluding carboxylic acids is 3. The standard InChI is InChI=1S/C26H22N2O4/c1-2-28-20-16-10-9-15-19(20)26(25(28)31)21(17-11-5-3-6-12-17)22(24(30)32-26)27-23(29)18-13-7-4-8-14-18/h3-16,21-22H,2H2,1H3,(H,27,29). The number of likely N-dealkylation sites (N-methyl/N-ethyl adjacent to an activating group) is 1. The average Bonchev–Trinajstić information content (AvgIpc) is 3.25. The van der Waals surface area contributed by atoms with Gasteiger partial charge in [0.05, 0.1) is 11.6 Å². The number of fused-ring (bicyclic) bond motifs is 2. The summed E-state index contributed by atoms with van der Waals surface area (Å²) in [4.78, 5) is 41.6. The molecule has 0 radical (unpaired) electrons. The molecule has 160 valence electrons. The molecule has 1 saturated heterocycles. The second-order valence-electron chi connectivity index (χ2n) is 7.93. The van der Waals surface area contributed by atoms with Gasteiger partial charge >= 0.3 is 5.97 Å². The van der Waals surface area contributed by atoms with Gasteiger partial charge in [0.1, 0.15) is 6.04 Å². The summed E-state index contributed by atoms with van der Waals surface area (Å²) in [6.07, 6.45) is 0. The minimum atomic E-state index is -1.53. The van der Waals surface area contributed by atoms with Crippen molar-refractivity contribution in [3.63, 3.8) is 0 Å². The van der Waals surface area contributed by atoms with Crippen LogP contribution in [0.2, 0.25) is 0 Å². The van der Waals surface area contributed by atoms with E-state index in [4.69, 9.17) is 4.74 Å². The number of rotatable bonds is 4. The van der Waals surface area contributed by atoms with Crippen molar-refractivity contribution in [3.05, 3.63) is 102 Å². The van der Waals surface area contributed by atoms with Gasteiger partial charge in [-0.15, -0.1) is 0 Å². The second kappa shape index (κ2) is 7.64. The van der Waals surface area contributed by atoms with Gasteiger partial charge in [-0.1, -0.05) is 66.7 Å². The Kier molecular flexibility index (Phi) is 4.78. The van der Waals surface area contributed by atoms with Crippen molar-refractivity contribution in [2.24, 2.45) is 0 Å². The fourth-order valence-corrected chi connectivity index (χ4v) is 4.86. The third-order valence-corrected chi connectivity index (χ3v) is 6.24. The fourth-order valence-electron chi connectivity index (χ4n) is 4.86. The van der Waals surface area contributed by atoms with E-state index in [-0.39, 0.29) is 5.91 Å². The average molecular weight is 426 g/mol. The van der Waals surface area contributed by atoms with Gasteiger partial charge in [-0.25, -0.2) is 4.79 Å². The lowest BCUT2D eigenvalue weighted by Gasteiger charge is -2.30. The van der Waals surface area contributed by atoms with Crippen molar-refractivity contribution in [2.75, 3.05) is 11.4 Å². The Hall–Kier alpha value is -3.93. The van der Waals surface area contributed by atoms with Gasteiger partial charge in [-0.05, 0) is 30.7 Å². The Balaban J connectivity index is 1.65. The highest BCUT2D eigenvalue weighted by atomic mass is 16.6. The SMILES string of the molecule is CCN1C(=O)C2(OC(=O)C(NC(=O)c3ccccc3)C2c2ccccc2)c2ccccc21. The van der Waals surface area contributed by atoms with Crippen molar-refractivity contribution in [2.45, 2.75) is 24.5 Å². The number of anilines is 1. The van der Waals surface area contributed by atoms with E-state index in [0.717, 1.165) is 11.3 Å². The van der Waals surface area contributed by atoms with Gasteiger partial charge < -0.3 is 15.0 Å². The summed E-state index contributed by atoms with van der Waals surface area (Å²) in [6.45, 7) is 2.33. The van der Waals surface area contributed by atoms with Crippen LogP contribution in [0.1, 0.15) is 34.3 Å².